The predicted molar refractivity (Wildman–Crippen MR) is 95.8 cm³/mol. The molecule has 144 valence electrons. The Bertz CT molecular complexity index is 925. The fraction of sp³-hybridized carbons (Fsp3) is 0.579. The Hall–Kier alpha value is -2.51. The van der Waals surface area contributed by atoms with E-state index in [9.17, 15) is 14.0 Å². The number of carbonyl (C=O) groups excluding carboxylic acids is 2. The van der Waals surface area contributed by atoms with Crippen LogP contribution < -0.4 is 0 Å². The first kappa shape index (κ1) is 17.9. The Labute approximate surface area is 156 Å². The number of fused-ring (bicyclic) bond motifs is 4. The van der Waals surface area contributed by atoms with Crippen molar-refractivity contribution in [2.75, 3.05) is 6.54 Å². The molecule has 7 nitrogen and oxygen atoms in total. The largest absolute Gasteiger partial charge is 0.443 e. The standard InChI is InChI=1S/C19H23FN4O3/c1-18(2,3)27-17(26)23-11-19(7-5-4-6-8-19)24-13(15(23)25)9-12-10-21-16(20)22-14(12)24/h9-10H,4-8,11H2,1-3H3. The number of rotatable bonds is 0. The SMILES string of the molecule is CC(C)(C)OC(=O)N1CC2(CCCCC2)n2c(cc3cnc(F)nc32)C1=O. The molecular formula is C19H23FN4O3. The van der Waals surface area contributed by atoms with Crippen LogP contribution in [0.4, 0.5) is 9.18 Å². The Kier molecular flexibility index (Phi) is 3.98. The Morgan fingerprint density at radius 1 is 1.26 bits per heavy atom. The first-order valence-electron chi connectivity index (χ1n) is 9.30. The summed E-state index contributed by atoms with van der Waals surface area (Å²) in [5, 5.41) is 0.593. The van der Waals surface area contributed by atoms with Crippen molar-refractivity contribution >= 4 is 23.0 Å². The number of carbonyl (C=O) groups is 2. The molecule has 0 saturated heterocycles. The van der Waals surface area contributed by atoms with E-state index in [1.165, 1.54) is 11.1 Å². The number of aromatic nitrogens is 3. The monoisotopic (exact) mass is 374 g/mol. The molecule has 2 aromatic rings. The lowest BCUT2D eigenvalue weighted by Crippen LogP contribution is -2.56. The highest BCUT2D eigenvalue weighted by atomic mass is 19.1. The minimum atomic E-state index is -0.823. The van der Waals surface area contributed by atoms with Gasteiger partial charge in [-0.15, -0.1) is 0 Å². The quantitative estimate of drug-likeness (QED) is 0.658. The highest BCUT2D eigenvalue weighted by molar-refractivity contribution is 6.05. The highest BCUT2D eigenvalue weighted by Gasteiger charge is 2.47. The molecule has 0 radical (unpaired) electrons. The van der Waals surface area contributed by atoms with Crippen LogP contribution in [0.3, 0.4) is 0 Å². The molecule has 2 aliphatic rings. The summed E-state index contributed by atoms with van der Waals surface area (Å²) in [4.78, 5) is 34.6. The summed E-state index contributed by atoms with van der Waals surface area (Å²) in [5.74, 6) is -0.446. The number of hydrogen-bond donors (Lipinski definition) is 0. The molecule has 0 atom stereocenters. The maximum Gasteiger partial charge on any atom is 0.417 e. The molecule has 2 aromatic heterocycles. The first-order chi connectivity index (χ1) is 12.7. The van der Waals surface area contributed by atoms with Gasteiger partial charge in [0.2, 0.25) is 0 Å². The van der Waals surface area contributed by atoms with Gasteiger partial charge in [-0.2, -0.15) is 9.37 Å². The highest BCUT2D eigenvalue weighted by Crippen LogP contribution is 2.42. The minimum absolute atomic E-state index is 0.211. The number of hydrogen-bond acceptors (Lipinski definition) is 5. The molecule has 1 fully saturated rings. The number of amides is 2. The zero-order valence-electron chi connectivity index (χ0n) is 15.8. The number of imide groups is 1. The molecule has 2 amide bonds. The van der Waals surface area contributed by atoms with Crippen LogP contribution >= 0.6 is 0 Å². The summed E-state index contributed by atoms with van der Waals surface area (Å²) < 4.78 is 21.0. The molecule has 0 aromatic carbocycles. The van der Waals surface area contributed by atoms with Crippen molar-refractivity contribution in [3.63, 3.8) is 0 Å². The van der Waals surface area contributed by atoms with E-state index in [1.54, 1.807) is 26.8 Å². The van der Waals surface area contributed by atoms with Gasteiger partial charge in [0.25, 0.3) is 5.91 Å². The number of nitrogens with zero attached hydrogens (tertiary/aromatic N) is 4. The van der Waals surface area contributed by atoms with Crippen molar-refractivity contribution < 1.29 is 18.7 Å². The molecule has 1 saturated carbocycles. The molecule has 27 heavy (non-hydrogen) atoms. The third-order valence-corrected chi connectivity index (χ3v) is 5.30. The Morgan fingerprint density at radius 2 is 1.96 bits per heavy atom. The van der Waals surface area contributed by atoms with Gasteiger partial charge in [0.1, 0.15) is 16.9 Å². The first-order valence-corrected chi connectivity index (χ1v) is 9.30. The summed E-state index contributed by atoms with van der Waals surface area (Å²) in [6.07, 6.45) is 4.54. The van der Waals surface area contributed by atoms with Gasteiger partial charge in [-0.25, -0.2) is 14.7 Å². The van der Waals surface area contributed by atoms with Gasteiger partial charge >= 0.3 is 12.2 Å². The van der Waals surface area contributed by atoms with Gasteiger partial charge in [0.05, 0.1) is 12.1 Å². The molecule has 0 bridgehead atoms. The Morgan fingerprint density at radius 3 is 2.63 bits per heavy atom. The van der Waals surface area contributed by atoms with Gasteiger partial charge in [-0.3, -0.25) is 4.79 Å². The van der Waals surface area contributed by atoms with E-state index in [-0.39, 0.29) is 6.54 Å². The van der Waals surface area contributed by atoms with Crippen LogP contribution in [0.5, 0.6) is 0 Å². The average Bonchev–Trinajstić information content (AvgIpc) is 2.97. The molecule has 0 unspecified atom stereocenters. The van der Waals surface area contributed by atoms with Crippen molar-refractivity contribution in [2.24, 2.45) is 0 Å². The topological polar surface area (TPSA) is 77.3 Å². The second kappa shape index (κ2) is 6.00. The molecule has 1 spiro atoms. The Balaban J connectivity index is 1.86. The third-order valence-electron chi connectivity index (χ3n) is 5.30. The summed E-state index contributed by atoms with van der Waals surface area (Å²) in [7, 11) is 0. The molecular weight excluding hydrogens is 351 g/mol. The van der Waals surface area contributed by atoms with E-state index in [2.05, 4.69) is 9.97 Å². The van der Waals surface area contributed by atoms with Gasteiger partial charge < -0.3 is 9.30 Å². The maximum atomic E-state index is 13.7. The van der Waals surface area contributed by atoms with Crippen LogP contribution in [0.2, 0.25) is 0 Å². The van der Waals surface area contributed by atoms with Gasteiger partial charge in [-0.05, 0) is 39.7 Å². The summed E-state index contributed by atoms with van der Waals surface area (Å²) in [6.45, 7) is 5.52. The van der Waals surface area contributed by atoms with Crippen LogP contribution in [-0.2, 0) is 10.3 Å². The van der Waals surface area contributed by atoms with Crippen molar-refractivity contribution in [2.45, 2.75) is 64.0 Å². The van der Waals surface area contributed by atoms with Crippen molar-refractivity contribution in [3.8, 4) is 0 Å². The molecule has 0 N–H and O–H groups in total. The fourth-order valence-corrected chi connectivity index (χ4v) is 4.24. The van der Waals surface area contributed by atoms with Crippen LogP contribution in [-0.4, -0.2) is 43.6 Å². The van der Waals surface area contributed by atoms with E-state index in [4.69, 9.17) is 4.74 Å². The van der Waals surface area contributed by atoms with Gasteiger partial charge in [0, 0.05) is 11.6 Å². The van der Waals surface area contributed by atoms with Crippen molar-refractivity contribution in [1.82, 2.24) is 19.4 Å². The zero-order valence-corrected chi connectivity index (χ0v) is 15.8. The average molecular weight is 374 g/mol. The summed E-state index contributed by atoms with van der Waals surface area (Å²) in [5.41, 5.74) is -0.433. The van der Waals surface area contributed by atoms with Gasteiger partial charge in [-0.1, -0.05) is 19.3 Å². The maximum absolute atomic E-state index is 13.7. The lowest BCUT2D eigenvalue weighted by Gasteiger charge is -2.46. The van der Waals surface area contributed by atoms with Crippen LogP contribution in [0.25, 0.3) is 11.0 Å². The molecule has 1 aliphatic heterocycles. The third kappa shape index (κ3) is 2.96. The van der Waals surface area contributed by atoms with Crippen LogP contribution in [0, 0.1) is 6.08 Å². The molecule has 4 rings (SSSR count). The van der Waals surface area contributed by atoms with E-state index in [1.807, 2.05) is 4.57 Å². The fourth-order valence-electron chi connectivity index (χ4n) is 4.24. The smallest absolute Gasteiger partial charge is 0.417 e. The minimum Gasteiger partial charge on any atom is -0.443 e. The second-order valence-corrected chi connectivity index (χ2v) is 8.44. The van der Waals surface area contributed by atoms with Crippen LogP contribution in [0.15, 0.2) is 12.3 Å². The van der Waals surface area contributed by atoms with E-state index >= 15 is 0 Å². The van der Waals surface area contributed by atoms with E-state index in [0.717, 1.165) is 32.1 Å². The zero-order chi connectivity index (χ0) is 19.4. The lowest BCUT2D eigenvalue weighted by molar-refractivity contribution is 0.00753. The van der Waals surface area contributed by atoms with E-state index < -0.39 is 29.2 Å². The van der Waals surface area contributed by atoms with Gasteiger partial charge in [0.15, 0.2) is 0 Å². The van der Waals surface area contributed by atoms with E-state index in [0.29, 0.717) is 16.7 Å². The molecule has 1 aliphatic carbocycles. The predicted octanol–water partition coefficient (Wildman–Crippen LogP) is 3.62. The van der Waals surface area contributed by atoms with Crippen molar-refractivity contribution in [1.29, 1.82) is 0 Å². The second-order valence-electron chi connectivity index (χ2n) is 8.44. The normalized spacial score (nSPS) is 19.4. The molecule has 3 heterocycles. The van der Waals surface area contributed by atoms with Crippen LogP contribution in [0.1, 0.15) is 63.4 Å². The molecule has 8 heteroatoms. The number of ether oxygens (including phenoxy) is 1. The van der Waals surface area contributed by atoms with Crippen molar-refractivity contribution in [3.05, 3.63) is 24.0 Å². The summed E-state index contributed by atoms with van der Waals surface area (Å²) >= 11 is 0. The lowest BCUT2D eigenvalue weighted by atomic mass is 9.79. The summed E-state index contributed by atoms with van der Waals surface area (Å²) in [6, 6.07) is 1.64. The number of halogens is 1.